The molecular formula is C52H100O6. The summed E-state index contributed by atoms with van der Waals surface area (Å²) in [4.78, 5) is 37.9. The average Bonchev–Trinajstić information content (AvgIpc) is 3.21. The van der Waals surface area contributed by atoms with Gasteiger partial charge in [0.2, 0.25) is 0 Å². The van der Waals surface area contributed by atoms with Gasteiger partial charge in [-0.05, 0) is 37.0 Å². The third kappa shape index (κ3) is 42.5. The van der Waals surface area contributed by atoms with E-state index in [-0.39, 0.29) is 31.1 Å². The van der Waals surface area contributed by atoms with Crippen LogP contribution in [0.2, 0.25) is 0 Å². The van der Waals surface area contributed by atoms with Gasteiger partial charge in [0.1, 0.15) is 13.2 Å². The van der Waals surface area contributed by atoms with Gasteiger partial charge in [-0.3, -0.25) is 14.4 Å². The van der Waals surface area contributed by atoms with Gasteiger partial charge in [-0.25, -0.2) is 0 Å². The van der Waals surface area contributed by atoms with Crippen LogP contribution in [0.25, 0.3) is 0 Å². The molecule has 0 heterocycles. The Morgan fingerprint density at radius 1 is 0.345 bits per heavy atom. The Kier molecular flexibility index (Phi) is 42.3. The van der Waals surface area contributed by atoms with E-state index in [0.29, 0.717) is 19.3 Å². The monoisotopic (exact) mass is 821 g/mol. The molecule has 0 aromatic rings. The van der Waals surface area contributed by atoms with Gasteiger partial charge < -0.3 is 14.2 Å². The Labute approximate surface area is 361 Å². The molecule has 0 aromatic carbocycles. The molecular weight excluding hydrogens is 721 g/mol. The number of hydrogen-bond acceptors (Lipinski definition) is 6. The Bertz CT molecular complexity index is 902. The van der Waals surface area contributed by atoms with Crippen molar-refractivity contribution >= 4 is 17.9 Å². The second kappa shape index (κ2) is 43.5. The molecule has 3 atom stereocenters. The molecule has 0 rings (SSSR count). The molecule has 2 unspecified atom stereocenters. The summed E-state index contributed by atoms with van der Waals surface area (Å²) in [6.45, 7) is 13.7. The maximum Gasteiger partial charge on any atom is 0.306 e. The van der Waals surface area contributed by atoms with Gasteiger partial charge in [0.25, 0.3) is 0 Å². The van der Waals surface area contributed by atoms with Crippen molar-refractivity contribution in [2.45, 2.75) is 285 Å². The molecule has 0 fully saturated rings. The van der Waals surface area contributed by atoms with Crippen molar-refractivity contribution in [3.05, 3.63) is 0 Å². The summed E-state index contributed by atoms with van der Waals surface area (Å²) in [5.41, 5.74) is 0. The first-order valence-corrected chi connectivity index (χ1v) is 25.7. The van der Waals surface area contributed by atoms with Crippen molar-refractivity contribution in [3.63, 3.8) is 0 Å². The fourth-order valence-electron chi connectivity index (χ4n) is 7.70. The van der Waals surface area contributed by atoms with Crippen molar-refractivity contribution in [2.75, 3.05) is 13.2 Å². The van der Waals surface area contributed by atoms with Crippen LogP contribution < -0.4 is 0 Å². The van der Waals surface area contributed by atoms with Crippen LogP contribution >= 0.6 is 0 Å². The summed E-state index contributed by atoms with van der Waals surface area (Å²) in [5.74, 6) is 1.65. The highest BCUT2D eigenvalue weighted by atomic mass is 16.6. The lowest BCUT2D eigenvalue weighted by Crippen LogP contribution is -2.30. The third-order valence-electron chi connectivity index (χ3n) is 12.4. The molecule has 0 amide bonds. The van der Waals surface area contributed by atoms with Crippen molar-refractivity contribution in [2.24, 2.45) is 17.8 Å². The maximum absolute atomic E-state index is 12.8. The number of carbonyl (C=O) groups excluding carboxylic acids is 3. The molecule has 58 heavy (non-hydrogen) atoms. The van der Waals surface area contributed by atoms with Crippen LogP contribution in [0.4, 0.5) is 0 Å². The molecule has 344 valence electrons. The van der Waals surface area contributed by atoms with E-state index in [0.717, 1.165) is 75.5 Å². The van der Waals surface area contributed by atoms with Crippen LogP contribution in [0, 0.1) is 17.8 Å². The van der Waals surface area contributed by atoms with Crippen LogP contribution in [0.5, 0.6) is 0 Å². The molecule has 0 aliphatic rings. The standard InChI is InChI=1S/C52H100O6/c1-7-47(5)39-33-27-21-18-19-22-29-35-41-50(53)56-44-49(45-57-51(54)42-36-30-25-24-28-34-40-48(6)8-2)58-52(55)43-37-31-23-17-15-13-11-9-10-12-14-16-20-26-32-38-46(3)4/h46-49H,7-45H2,1-6H3/t47?,48?,49-/m0/s1. The minimum Gasteiger partial charge on any atom is -0.462 e. The Morgan fingerprint density at radius 3 is 0.897 bits per heavy atom. The fraction of sp³-hybridized carbons (Fsp3) is 0.942. The van der Waals surface area contributed by atoms with Crippen LogP contribution in [-0.2, 0) is 28.6 Å². The lowest BCUT2D eigenvalue weighted by Gasteiger charge is -2.18. The summed E-state index contributed by atoms with van der Waals surface area (Å²) in [7, 11) is 0. The molecule has 0 bridgehead atoms. The highest BCUT2D eigenvalue weighted by molar-refractivity contribution is 5.71. The van der Waals surface area contributed by atoms with Gasteiger partial charge in [0.15, 0.2) is 6.10 Å². The van der Waals surface area contributed by atoms with Gasteiger partial charge in [0.05, 0.1) is 0 Å². The zero-order valence-corrected chi connectivity index (χ0v) is 39.8. The number of rotatable bonds is 45. The minimum atomic E-state index is -0.763. The van der Waals surface area contributed by atoms with Crippen molar-refractivity contribution in [1.29, 1.82) is 0 Å². The number of ether oxygens (including phenoxy) is 3. The minimum absolute atomic E-state index is 0.0659. The zero-order valence-electron chi connectivity index (χ0n) is 39.8. The summed E-state index contributed by atoms with van der Waals surface area (Å²) in [6, 6.07) is 0. The Morgan fingerprint density at radius 2 is 0.603 bits per heavy atom. The normalized spacial score (nSPS) is 13.1. The van der Waals surface area contributed by atoms with E-state index in [1.54, 1.807) is 0 Å². The molecule has 0 N–H and O–H groups in total. The van der Waals surface area contributed by atoms with Crippen LogP contribution in [0.3, 0.4) is 0 Å². The summed E-state index contributed by atoms with van der Waals surface area (Å²) in [6.07, 6.45) is 42.3. The Hall–Kier alpha value is -1.59. The highest BCUT2D eigenvalue weighted by Gasteiger charge is 2.19. The van der Waals surface area contributed by atoms with Gasteiger partial charge in [-0.2, -0.15) is 0 Å². The van der Waals surface area contributed by atoms with E-state index in [2.05, 4.69) is 41.5 Å². The summed E-state index contributed by atoms with van der Waals surface area (Å²) in [5, 5.41) is 0. The third-order valence-corrected chi connectivity index (χ3v) is 12.4. The molecule has 0 saturated carbocycles. The molecule has 0 saturated heterocycles. The van der Waals surface area contributed by atoms with Gasteiger partial charge in [-0.15, -0.1) is 0 Å². The van der Waals surface area contributed by atoms with E-state index >= 15 is 0 Å². The first-order valence-electron chi connectivity index (χ1n) is 25.7. The van der Waals surface area contributed by atoms with Crippen molar-refractivity contribution in [1.82, 2.24) is 0 Å². The fourth-order valence-corrected chi connectivity index (χ4v) is 7.70. The van der Waals surface area contributed by atoms with Crippen molar-refractivity contribution < 1.29 is 28.6 Å². The molecule has 6 nitrogen and oxygen atoms in total. The Balaban J connectivity index is 4.29. The summed E-state index contributed by atoms with van der Waals surface area (Å²) < 4.78 is 16.8. The average molecular weight is 821 g/mol. The topological polar surface area (TPSA) is 78.9 Å². The number of esters is 3. The first kappa shape index (κ1) is 56.4. The van der Waals surface area contributed by atoms with E-state index in [4.69, 9.17) is 14.2 Å². The van der Waals surface area contributed by atoms with Gasteiger partial charge in [0, 0.05) is 19.3 Å². The van der Waals surface area contributed by atoms with E-state index in [9.17, 15) is 14.4 Å². The van der Waals surface area contributed by atoms with E-state index in [1.165, 1.54) is 161 Å². The van der Waals surface area contributed by atoms with Gasteiger partial charge >= 0.3 is 17.9 Å². The summed E-state index contributed by atoms with van der Waals surface area (Å²) >= 11 is 0. The van der Waals surface area contributed by atoms with Gasteiger partial charge in [-0.1, -0.05) is 241 Å². The van der Waals surface area contributed by atoms with Crippen LogP contribution in [0.15, 0.2) is 0 Å². The predicted octanol–water partition coefficient (Wildman–Crippen LogP) is 16.4. The molecule has 0 spiro atoms. The number of carbonyl (C=O) groups is 3. The quantitative estimate of drug-likeness (QED) is 0.0346. The molecule has 0 aliphatic heterocycles. The number of unbranched alkanes of at least 4 members (excludes halogenated alkanes) is 26. The maximum atomic E-state index is 12.8. The molecule has 0 radical (unpaired) electrons. The predicted molar refractivity (Wildman–Crippen MR) is 247 cm³/mol. The lowest BCUT2D eigenvalue weighted by molar-refractivity contribution is -0.167. The SMILES string of the molecule is CCC(C)CCCCCCCCCCC(=O)OC[C@@H](COC(=O)CCCCCCCCC(C)CC)OC(=O)CCCCCCCCCCCCCCCCCC(C)C. The second-order valence-corrected chi connectivity index (χ2v) is 18.8. The lowest BCUT2D eigenvalue weighted by atomic mass is 9.99. The van der Waals surface area contributed by atoms with E-state index < -0.39 is 6.10 Å². The highest BCUT2D eigenvalue weighted by Crippen LogP contribution is 2.18. The van der Waals surface area contributed by atoms with E-state index in [1.807, 2.05) is 0 Å². The van der Waals surface area contributed by atoms with Crippen molar-refractivity contribution in [3.8, 4) is 0 Å². The van der Waals surface area contributed by atoms with Crippen LogP contribution in [-0.4, -0.2) is 37.2 Å². The van der Waals surface area contributed by atoms with Crippen LogP contribution in [0.1, 0.15) is 279 Å². The molecule has 0 aromatic heterocycles. The zero-order chi connectivity index (χ0) is 42.7. The largest absolute Gasteiger partial charge is 0.462 e. The first-order chi connectivity index (χ1) is 28.2. The second-order valence-electron chi connectivity index (χ2n) is 18.8. The number of hydrogen-bond donors (Lipinski definition) is 0. The molecule has 6 heteroatoms. The smallest absolute Gasteiger partial charge is 0.306 e. The molecule has 0 aliphatic carbocycles.